The lowest BCUT2D eigenvalue weighted by Crippen LogP contribution is -2.03. The summed E-state index contributed by atoms with van der Waals surface area (Å²) < 4.78 is 16.0. The first-order chi connectivity index (χ1) is 14.7. The van der Waals surface area contributed by atoms with Crippen LogP contribution < -0.4 is 10.4 Å². The predicted molar refractivity (Wildman–Crippen MR) is 120 cm³/mol. The van der Waals surface area contributed by atoms with E-state index in [4.69, 9.17) is 13.9 Å². The Morgan fingerprint density at radius 2 is 1.43 bits per heavy atom. The van der Waals surface area contributed by atoms with Gasteiger partial charge in [-0.3, -0.25) is 0 Å². The van der Waals surface area contributed by atoms with Gasteiger partial charge < -0.3 is 13.9 Å². The highest BCUT2D eigenvalue weighted by molar-refractivity contribution is 5.82. The molecule has 0 saturated carbocycles. The topological polar surface area (TPSA) is 65.7 Å². The Kier molecular flexibility index (Phi) is 11.4. The van der Waals surface area contributed by atoms with Gasteiger partial charge in [0, 0.05) is 6.08 Å². The molecule has 0 aliphatic rings. The van der Waals surface area contributed by atoms with E-state index in [1.165, 1.54) is 57.1 Å². The quantitative estimate of drug-likeness (QED) is 0.142. The largest absolute Gasteiger partial charge is 0.493 e. The van der Waals surface area contributed by atoms with E-state index in [2.05, 4.69) is 6.58 Å². The summed E-state index contributed by atoms with van der Waals surface area (Å²) in [7, 11) is 0. The molecule has 0 aliphatic heterocycles. The van der Waals surface area contributed by atoms with Crippen molar-refractivity contribution < 1.29 is 18.7 Å². The minimum Gasteiger partial charge on any atom is -0.493 e. The molecule has 1 aromatic heterocycles. The third kappa shape index (κ3) is 9.29. The summed E-state index contributed by atoms with van der Waals surface area (Å²) >= 11 is 0. The molecule has 0 aliphatic carbocycles. The average Bonchev–Trinajstić information content (AvgIpc) is 2.75. The lowest BCUT2D eigenvalue weighted by Gasteiger charge is -2.08. The van der Waals surface area contributed by atoms with E-state index in [0.717, 1.165) is 31.1 Å². The normalized spacial score (nSPS) is 10.8. The van der Waals surface area contributed by atoms with Crippen LogP contribution in [-0.4, -0.2) is 19.2 Å². The van der Waals surface area contributed by atoms with Gasteiger partial charge in [-0.1, -0.05) is 76.5 Å². The van der Waals surface area contributed by atoms with Gasteiger partial charge >= 0.3 is 11.6 Å². The van der Waals surface area contributed by atoms with E-state index in [1.54, 1.807) is 6.07 Å². The van der Waals surface area contributed by atoms with Crippen LogP contribution in [0.5, 0.6) is 5.75 Å². The smallest absolute Gasteiger partial charge is 0.339 e. The summed E-state index contributed by atoms with van der Waals surface area (Å²) in [4.78, 5) is 22.5. The molecule has 0 fully saturated rings. The minimum absolute atomic E-state index is 0.331. The molecule has 2 aromatic rings. The Labute approximate surface area is 179 Å². The van der Waals surface area contributed by atoms with E-state index in [1.807, 2.05) is 18.2 Å². The van der Waals surface area contributed by atoms with Crippen molar-refractivity contribution in [2.45, 2.75) is 70.6 Å². The second kappa shape index (κ2) is 14.4. The van der Waals surface area contributed by atoms with E-state index in [9.17, 15) is 9.59 Å². The molecule has 0 atom stereocenters. The molecule has 30 heavy (non-hydrogen) atoms. The molecule has 5 nitrogen and oxygen atoms in total. The maximum absolute atomic E-state index is 11.6. The third-order valence-electron chi connectivity index (χ3n) is 5.07. The molecule has 0 bridgehead atoms. The minimum atomic E-state index is -0.375. The van der Waals surface area contributed by atoms with Gasteiger partial charge in [0.25, 0.3) is 0 Å². The Bertz CT molecular complexity index is 824. The van der Waals surface area contributed by atoms with Crippen LogP contribution in [-0.2, 0) is 9.53 Å². The maximum Gasteiger partial charge on any atom is 0.339 e. The molecule has 0 radical (unpaired) electrons. The molecule has 0 saturated heterocycles. The van der Waals surface area contributed by atoms with Crippen LogP contribution >= 0.6 is 0 Å². The van der Waals surface area contributed by atoms with Gasteiger partial charge in [-0.15, -0.1) is 0 Å². The molecular weight excluding hydrogens is 380 g/mol. The summed E-state index contributed by atoms with van der Waals surface area (Å²) in [6.07, 6.45) is 14.2. The van der Waals surface area contributed by atoms with Gasteiger partial charge in [-0.2, -0.15) is 0 Å². The molecule has 0 amide bonds. The van der Waals surface area contributed by atoms with Crippen molar-refractivity contribution >= 4 is 16.9 Å². The fourth-order valence-electron chi connectivity index (χ4n) is 3.41. The van der Waals surface area contributed by atoms with Crippen molar-refractivity contribution in [2.75, 3.05) is 13.2 Å². The standard InChI is InChI=1S/C25H34O5/c1-2-24(26)29-19-15-11-9-7-5-3-4-6-8-10-14-18-28-23-20-25(27)30-22-17-13-12-16-21(22)23/h2,12-13,16-17,20H,1,3-11,14-15,18-19H2. The lowest BCUT2D eigenvalue weighted by molar-refractivity contribution is -0.137. The van der Waals surface area contributed by atoms with Gasteiger partial charge in [0.1, 0.15) is 11.3 Å². The van der Waals surface area contributed by atoms with Crippen molar-refractivity contribution in [1.29, 1.82) is 0 Å². The first-order valence-corrected chi connectivity index (χ1v) is 11.2. The first kappa shape index (κ1) is 23.7. The van der Waals surface area contributed by atoms with Crippen molar-refractivity contribution in [3.63, 3.8) is 0 Å². The van der Waals surface area contributed by atoms with Crippen LogP contribution in [0, 0.1) is 0 Å². The van der Waals surface area contributed by atoms with Crippen LogP contribution in [0.1, 0.15) is 70.6 Å². The van der Waals surface area contributed by atoms with Gasteiger partial charge in [-0.05, 0) is 25.0 Å². The lowest BCUT2D eigenvalue weighted by atomic mass is 10.1. The Morgan fingerprint density at radius 3 is 2.07 bits per heavy atom. The zero-order valence-electron chi connectivity index (χ0n) is 17.9. The van der Waals surface area contributed by atoms with E-state index in [-0.39, 0.29) is 11.6 Å². The third-order valence-corrected chi connectivity index (χ3v) is 5.07. The van der Waals surface area contributed by atoms with Crippen LogP contribution in [0.3, 0.4) is 0 Å². The average molecular weight is 415 g/mol. The van der Waals surface area contributed by atoms with Crippen LogP contribution in [0.4, 0.5) is 0 Å². The molecule has 5 heteroatoms. The molecular formula is C25H34O5. The highest BCUT2D eigenvalue weighted by Crippen LogP contribution is 2.23. The van der Waals surface area contributed by atoms with Crippen molar-refractivity contribution in [3.8, 4) is 5.75 Å². The Morgan fingerprint density at radius 1 is 0.867 bits per heavy atom. The van der Waals surface area contributed by atoms with E-state index >= 15 is 0 Å². The zero-order valence-corrected chi connectivity index (χ0v) is 17.9. The van der Waals surface area contributed by atoms with E-state index in [0.29, 0.717) is 24.5 Å². The van der Waals surface area contributed by atoms with Gasteiger partial charge in [0.05, 0.1) is 24.7 Å². The number of esters is 1. The second-order valence-electron chi connectivity index (χ2n) is 7.54. The number of para-hydroxylation sites is 1. The monoisotopic (exact) mass is 414 g/mol. The number of ether oxygens (including phenoxy) is 2. The highest BCUT2D eigenvalue weighted by atomic mass is 16.5. The van der Waals surface area contributed by atoms with E-state index < -0.39 is 0 Å². The Hall–Kier alpha value is -2.56. The van der Waals surface area contributed by atoms with Gasteiger partial charge in [-0.25, -0.2) is 9.59 Å². The number of hydrogen-bond acceptors (Lipinski definition) is 5. The number of carbonyl (C=O) groups excluding carboxylic acids is 1. The SMILES string of the molecule is C=CC(=O)OCCCCCCCCCCCCCOc1cc(=O)oc2ccccc12. The summed E-state index contributed by atoms with van der Waals surface area (Å²) in [6.45, 7) is 4.50. The first-order valence-electron chi connectivity index (χ1n) is 11.2. The summed E-state index contributed by atoms with van der Waals surface area (Å²) in [6, 6.07) is 8.88. The number of rotatable bonds is 16. The molecule has 1 heterocycles. The molecule has 0 N–H and O–H groups in total. The number of carbonyl (C=O) groups is 1. The fourth-order valence-corrected chi connectivity index (χ4v) is 3.41. The zero-order chi connectivity index (χ0) is 21.4. The van der Waals surface area contributed by atoms with Crippen molar-refractivity contribution in [3.05, 3.63) is 53.4 Å². The number of benzene rings is 1. The molecule has 0 unspecified atom stereocenters. The van der Waals surface area contributed by atoms with Crippen molar-refractivity contribution in [1.82, 2.24) is 0 Å². The number of hydrogen-bond donors (Lipinski definition) is 0. The highest BCUT2D eigenvalue weighted by Gasteiger charge is 2.05. The molecule has 1 aromatic carbocycles. The maximum atomic E-state index is 11.6. The van der Waals surface area contributed by atoms with Crippen LogP contribution in [0.25, 0.3) is 11.0 Å². The van der Waals surface area contributed by atoms with Gasteiger partial charge in [0.15, 0.2) is 0 Å². The van der Waals surface area contributed by atoms with Crippen LogP contribution in [0.2, 0.25) is 0 Å². The molecule has 164 valence electrons. The van der Waals surface area contributed by atoms with Crippen molar-refractivity contribution in [2.24, 2.45) is 0 Å². The summed E-state index contributed by atoms with van der Waals surface area (Å²) in [5.74, 6) is 0.281. The molecule has 0 spiro atoms. The summed E-state index contributed by atoms with van der Waals surface area (Å²) in [5.41, 5.74) is 0.191. The number of unbranched alkanes of at least 4 members (excludes halogenated alkanes) is 10. The number of fused-ring (bicyclic) bond motifs is 1. The van der Waals surface area contributed by atoms with Gasteiger partial charge in [0.2, 0.25) is 0 Å². The summed E-state index contributed by atoms with van der Waals surface area (Å²) in [5, 5.41) is 0.842. The van der Waals surface area contributed by atoms with Crippen LogP contribution in [0.15, 0.2) is 52.2 Å². The second-order valence-corrected chi connectivity index (χ2v) is 7.54. The predicted octanol–water partition coefficient (Wildman–Crippen LogP) is 6.19. The molecule has 2 rings (SSSR count). The fraction of sp³-hybridized carbons (Fsp3) is 0.520. The Balaban J connectivity index is 1.42.